The van der Waals surface area contributed by atoms with E-state index in [-0.39, 0.29) is 0 Å². The van der Waals surface area contributed by atoms with E-state index >= 15 is 0 Å². The minimum absolute atomic E-state index is 0.650. The van der Waals surface area contributed by atoms with Crippen LogP contribution in [0.4, 0.5) is 5.69 Å². The highest BCUT2D eigenvalue weighted by molar-refractivity contribution is 8.00. The second kappa shape index (κ2) is 10.6. The summed E-state index contributed by atoms with van der Waals surface area (Å²) in [5, 5.41) is 9.80. The van der Waals surface area contributed by atoms with Gasteiger partial charge in [0.05, 0.1) is 6.57 Å². The molecule has 2 aliphatic heterocycles. The van der Waals surface area contributed by atoms with Crippen molar-refractivity contribution in [2.24, 2.45) is 0 Å². The zero-order valence-electron chi connectivity index (χ0n) is 26.7. The highest BCUT2D eigenvalue weighted by Crippen LogP contribution is 2.54. The Balaban J connectivity index is 1.26. The molecule has 1 nitrogen and oxygen atoms in total. The van der Waals surface area contributed by atoms with Crippen LogP contribution in [0.1, 0.15) is 0 Å². The van der Waals surface area contributed by atoms with E-state index in [0.717, 1.165) is 10.8 Å². The second-order valence-electron chi connectivity index (χ2n) is 13.0. The van der Waals surface area contributed by atoms with Gasteiger partial charge in [0.2, 0.25) is 0 Å². The molecule has 2 aliphatic rings. The molecular formula is C47H25NS2. The Kier molecular flexibility index (Phi) is 5.96. The average molecular weight is 668 g/mol. The third-order valence-corrected chi connectivity index (χ3v) is 12.7. The number of nitrogens with zero attached hydrogens (tertiary/aromatic N) is 1. The summed E-state index contributed by atoms with van der Waals surface area (Å²) in [6, 6.07) is 55.4. The molecule has 0 saturated carbocycles. The number of benzene rings is 9. The molecule has 0 fully saturated rings. The lowest BCUT2D eigenvalue weighted by Gasteiger charge is -2.25. The quantitative estimate of drug-likeness (QED) is 0.133. The molecule has 0 radical (unpaired) electrons. The minimum Gasteiger partial charge on any atom is -0.238 e. The SMILES string of the molecule is [C-]#[N+]c1ccc2c(-c3ccc4c5c(cccc35)Sc3ccccc3-4)c3ccccc3c(-c3ccc4c5c(cccc35)Sc3ccccc3-4)c2c1. The molecule has 0 amide bonds. The number of fused-ring (bicyclic) bond motifs is 6. The summed E-state index contributed by atoms with van der Waals surface area (Å²) in [4.78, 5) is 9.11. The van der Waals surface area contributed by atoms with Crippen LogP contribution in [0.25, 0.3) is 92.4 Å². The van der Waals surface area contributed by atoms with Gasteiger partial charge in [0.1, 0.15) is 0 Å². The summed E-state index contributed by atoms with van der Waals surface area (Å²) in [6.07, 6.45) is 0. The molecule has 9 aromatic rings. The maximum Gasteiger partial charge on any atom is 0.187 e. The van der Waals surface area contributed by atoms with E-state index in [1.165, 1.54) is 96.4 Å². The van der Waals surface area contributed by atoms with Crippen molar-refractivity contribution >= 4 is 72.3 Å². The van der Waals surface area contributed by atoms with E-state index < -0.39 is 0 Å². The molecule has 0 saturated heterocycles. The lowest BCUT2D eigenvalue weighted by atomic mass is 9.82. The monoisotopic (exact) mass is 667 g/mol. The van der Waals surface area contributed by atoms with Crippen LogP contribution < -0.4 is 0 Å². The van der Waals surface area contributed by atoms with Gasteiger partial charge < -0.3 is 0 Å². The molecule has 11 rings (SSSR count). The summed E-state index contributed by atoms with van der Waals surface area (Å²) in [7, 11) is 0. The molecule has 3 heteroatoms. The van der Waals surface area contributed by atoms with Crippen LogP contribution in [0.15, 0.2) is 171 Å². The lowest BCUT2D eigenvalue weighted by Crippen LogP contribution is -1.97. The predicted molar refractivity (Wildman–Crippen MR) is 213 cm³/mol. The predicted octanol–water partition coefficient (Wildman–Crippen LogP) is 14.4. The Labute approximate surface area is 298 Å². The first kappa shape index (κ1) is 28.1. The molecule has 0 aliphatic carbocycles. The third kappa shape index (κ3) is 3.86. The number of hydrogen-bond acceptors (Lipinski definition) is 2. The smallest absolute Gasteiger partial charge is 0.187 e. The molecule has 0 aromatic heterocycles. The standard InChI is InChI=1S/C47H25NS2/c1-48-27-20-21-38-39(26-27)45(37-25-23-35-29-11-5-7-17-41(29)50-43-19-9-15-33(37)47(35)43)31-13-3-2-12-30(31)44(38)36-24-22-34-28-10-4-6-16-40(28)49-42-18-8-14-32(36)46(34)42/h2-26H. The summed E-state index contributed by atoms with van der Waals surface area (Å²) < 4.78 is 0. The van der Waals surface area contributed by atoms with Gasteiger partial charge in [-0.05, 0) is 107 Å². The normalized spacial score (nSPS) is 12.6. The fraction of sp³-hybridized carbons (Fsp3) is 0. The van der Waals surface area contributed by atoms with Crippen LogP contribution in [0, 0.1) is 6.57 Å². The third-order valence-electron chi connectivity index (χ3n) is 10.5. The Morgan fingerprint density at radius 3 is 1.34 bits per heavy atom. The van der Waals surface area contributed by atoms with Gasteiger partial charge in [-0.3, -0.25) is 0 Å². The zero-order chi connectivity index (χ0) is 32.9. The Bertz CT molecular complexity index is 3000. The average Bonchev–Trinajstić information content (AvgIpc) is 3.17. The van der Waals surface area contributed by atoms with Crippen molar-refractivity contribution in [3.63, 3.8) is 0 Å². The Hall–Kier alpha value is -5.79. The Morgan fingerprint density at radius 2 is 0.780 bits per heavy atom. The maximum absolute atomic E-state index is 8.03. The first-order valence-electron chi connectivity index (χ1n) is 16.8. The van der Waals surface area contributed by atoms with Crippen LogP contribution in [0.5, 0.6) is 0 Å². The van der Waals surface area contributed by atoms with Gasteiger partial charge in [0.15, 0.2) is 5.69 Å². The molecule has 0 atom stereocenters. The molecule has 0 bridgehead atoms. The van der Waals surface area contributed by atoms with Crippen LogP contribution in [0.3, 0.4) is 0 Å². The molecule has 0 unspecified atom stereocenters. The second-order valence-corrected chi connectivity index (χ2v) is 15.2. The molecular weight excluding hydrogens is 643 g/mol. The number of hydrogen-bond donors (Lipinski definition) is 0. The maximum atomic E-state index is 8.03. The van der Waals surface area contributed by atoms with Crippen LogP contribution in [0.2, 0.25) is 0 Å². The van der Waals surface area contributed by atoms with Gasteiger partial charge in [-0.15, -0.1) is 0 Å². The van der Waals surface area contributed by atoms with E-state index in [2.05, 4.69) is 150 Å². The van der Waals surface area contributed by atoms with Crippen molar-refractivity contribution in [2.75, 3.05) is 0 Å². The molecule has 9 aromatic carbocycles. The van der Waals surface area contributed by atoms with Crippen LogP contribution in [-0.2, 0) is 0 Å². The van der Waals surface area contributed by atoms with Gasteiger partial charge >= 0.3 is 0 Å². The van der Waals surface area contributed by atoms with Gasteiger partial charge in [0.25, 0.3) is 0 Å². The summed E-state index contributed by atoms with van der Waals surface area (Å²) in [5.74, 6) is 0. The number of rotatable bonds is 2. The topological polar surface area (TPSA) is 4.36 Å². The van der Waals surface area contributed by atoms with Gasteiger partial charge in [0, 0.05) is 30.4 Å². The largest absolute Gasteiger partial charge is 0.238 e. The molecule has 2 heterocycles. The van der Waals surface area contributed by atoms with Crippen molar-refractivity contribution in [1.29, 1.82) is 0 Å². The first-order valence-corrected chi connectivity index (χ1v) is 18.4. The first-order chi connectivity index (χ1) is 24.8. The van der Waals surface area contributed by atoms with Crippen molar-refractivity contribution < 1.29 is 0 Å². The molecule has 50 heavy (non-hydrogen) atoms. The molecule has 0 N–H and O–H groups in total. The fourth-order valence-electron chi connectivity index (χ4n) is 8.41. The summed E-state index contributed by atoms with van der Waals surface area (Å²) in [6.45, 7) is 8.03. The van der Waals surface area contributed by atoms with Crippen molar-refractivity contribution in [1.82, 2.24) is 0 Å². The van der Waals surface area contributed by atoms with Crippen molar-refractivity contribution in [2.45, 2.75) is 19.6 Å². The van der Waals surface area contributed by atoms with E-state index in [4.69, 9.17) is 6.57 Å². The van der Waals surface area contributed by atoms with E-state index in [1.54, 1.807) is 0 Å². The lowest BCUT2D eigenvalue weighted by molar-refractivity contribution is 1.40. The minimum atomic E-state index is 0.650. The fourth-order valence-corrected chi connectivity index (χ4v) is 10.7. The molecule has 230 valence electrons. The highest BCUT2D eigenvalue weighted by atomic mass is 32.2. The van der Waals surface area contributed by atoms with E-state index in [0.29, 0.717) is 5.69 Å². The molecule has 0 spiro atoms. The van der Waals surface area contributed by atoms with Gasteiger partial charge in [-0.2, -0.15) is 0 Å². The van der Waals surface area contributed by atoms with Gasteiger partial charge in [-0.25, -0.2) is 4.85 Å². The summed E-state index contributed by atoms with van der Waals surface area (Å²) in [5.41, 5.74) is 10.6. The van der Waals surface area contributed by atoms with E-state index in [9.17, 15) is 0 Å². The highest BCUT2D eigenvalue weighted by Gasteiger charge is 2.25. The van der Waals surface area contributed by atoms with Crippen molar-refractivity contribution in [3.05, 3.63) is 163 Å². The zero-order valence-corrected chi connectivity index (χ0v) is 28.3. The summed E-state index contributed by atoms with van der Waals surface area (Å²) >= 11 is 3.72. The van der Waals surface area contributed by atoms with Crippen molar-refractivity contribution in [3.8, 4) is 44.5 Å². The van der Waals surface area contributed by atoms with Crippen LogP contribution in [-0.4, -0.2) is 0 Å². The van der Waals surface area contributed by atoms with Gasteiger partial charge in [-0.1, -0.05) is 145 Å². The van der Waals surface area contributed by atoms with Crippen LogP contribution >= 0.6 is 23.5 Å². The Morgan fingerprint density at radius 1 is 0.340 bits per heavy atom. The van der Waals surface area contributed by atoms with E-state index in [1.807, 2.05) is 29.6 Å².